The summed E-state index contributed by atoms with van der Waals surface area (Å²) in [6.45, 7) is 8.85. The summed E-state index contributed by atoms with van der Waals surface area (Å²) in [6.07, 6.45) is 3.31. The number of ether oxygens (including phenoxy) is 1. The summed E-state index contributed by atoms with van der Waals surface area (Å²) in [5, 5.41) is 1.38. The number of hydrogen-bond donors (Lipinski definition) is 0. The summed E-state index contributed by atoms with van der Waals surface area (Å²) >= 11 is 0. The van der Waals surface area contributed by atoms with Gasteiger partial charge >= 0.3 is 0 Å². The molecule has 0 unspecified atom stereocenters. The lowest BCUT2D eigenvalue weighted by molar-refractivity contribution is 0.455. The van der Waals surface area contributed by atoms with Crippen LogP contribution in [0.4, 0.5) is 0 Å². The monoisotopic (exact) mass is 258 g/mol. The van der Waals surface area contributed by atoms with Gasteiger partial charge in [0.25, 0.3) is 0 Å². The Morgan fingerprint density at radius 3 is 2.44 bits per heavy atom. The van der Waals surface area contributed by atoms with Gasteiger partial charge in [0.1, 0.15) is 5.75 Å². The van der Waals surface area contributed by atoms with E-state index in [1.165, 1.54) is 5.19 Å². The van der Waals surface area contributed by atoms with Crippen molar-refractivity contribution in [2.75, 3.05) is 0 Å². The van der Waals surface area contributed by atoms with Crippen LogP contribution in [0.25, 0.3) is 0 Å². The molecule has 0 saturated heterocycles. The van der Waals surface area contributed by atoms with Crippen molar-refractivity contribution in [2.24, 2.45) is 0 Å². The fraction of sp³-hybridized carbons (Fsp3) is 0.286. The summed E-state index contributed by atoms with van der Waals surface area (Å²) in [4.78, 5) is 8.36. The van der Waals surface area contributed by atoms with Gasteiger partial charge in [-0.1, -0.05) is 37.0 Å². The van der Waals surface area contributed by atoms with E-state index in [2.05, 4.69) is 41.7 Å². The number of nitrogens with zero attached hydrogens (tertiary/aromatic N) is 2. The fourth-order valence-corrected chi connectivity index (χ4v) is 2.80. The highest BCUT2D eigenvalue weighted by molar-refractivity contribution is 6.88. The van der Waals surface area contributed by atoms with Gasteiger partial charge < -0.3 is 4.74 Å². The molecule has 0 atom stereocenters. The van der Waals surface area contributed by atoms with E-state index < -0.39 is 8.07 Å². The van der Waals surface area contributed by atoms with E-state index in [0.29, 0.717) is 5.88 Å². The molecule has 0 saturated carbocycles. The molecule has 1 aromatic carbocycles. The third-order valence-corrected chi connectivity index (χ3v) is 4.79. The fourth-order valence-electron chi connectivity index (χ4n) is 1.63. The lowest BCUT2D eigenvalue weighted by Crippen LogP contribution is -2.37. The lowest BCUT2D eigenvalue weighted by atomic mass is 10.3. The molecule has 0 fully saturated rings. The largest absolute Gasteiger partial charge is 0.437 e. The summed E-state index contributed by atoms with van der Waals surface area (Å²) < 4.78 is 5.79. The summed E-state index contributed by atoms with van der Waals surface area (Å²) in [7, 11) is -1.31. The van der Waals surface area contributed by atoms with Crippen LogP contribution in [0.5, 0.6) is 11.6 Å². The van der Waals surface area contributed by atoms with Crippen LogP contribution in [0.3, 0.4) is 0 Å². The Kier molecular flexibility index (Phi) is 3.47. The zero-order valence-corrected chi connectivity index (χ0v) is 12.3. The quantitative estimate of drug-likeness (QED) is 0.793. The topological polar surface area (TPSA) is 35.0 Å². The predicted octanol–water partition coefficient (Wildman–Crippen LogP) is 3.12. The average Bonchev–Trinajstić information content (AvgIpc) is 2.31. The molecule has 94 valence electrons. The van der Waals surface area contributed by atoms with E-state index >= 15 is 0 Å². The molecule has 2 rings (SSSR count). The van der Waals surface area contributed by atoms with Crippen LogP contribution in [0.15, 0.2) is 36.7 Å². The maximum absolute atomic E-state index is 5.79. The molecule has 0 spiro atoms. The van der Waals surface area contributed by atoms with Gasteiger partial charge in [0.05, 0.1) is 13.8 Å². The van der Waals surface area contributed by atoms with Crippen LogP contribution < -0.4 is 9.92 Å². The molecule has 0 aliphatic heterocycles. The molecule has 1 aromatic heterocycles. The minimum atomic E-state index is -1.31. The van der Waals surface area contributed by atoms with Crippen molar-refractivity contribution in [3.8, 4) is 11.6 Å². The molecule has 0 aliphatic carbocycles. The Hall–Kier alpha value is -1.68. The Morgan fingerprint density at radius 1 is 1.06 bits per heavy atom. The normalized spacial score (nSPS) is 11.3. The SMILES string of the molecule is Cc1nccnc1Oc1cccc([Si](C)(C)C)c1. The van der Waals surface area contributed by atoms with Crippen LogP contribution >= 0.6 is 0 Å². The highest BCUT2D eigenvalue weighted by atomic mass is 28.3. The first kappa shape index (κ1) is 12.8. The summed E-state index contributed by atoms with van der Waals surface area (Å²) in [5.74, 6) is 1.41. The summed E-state index contributed by atoms with van der Waals surface area (Å²) in [5.41, 5.74) is 0.802. The van der Waals surface area contributed by atoms with Gasteiger partial charge in [-0.3, -0.25) is 4.98 Å². The Balaban J connectivity index is 2.28. The van der Waals surface area contributed by atoms with Crippen molar-refractivity contribution in [2.45, 2.75) is 26.6 Å². The number of aryl methyl sites for hydroxylation is 1. The van der Waals surface area contributed by atoms with Gasteiger partial charge in [-0.2, -0.15) is 0 Å². The van der Waals surface area contributed by atoms with Crippen molar-refractivity contribution in [3.63, 3.8) is 0 Å². The van der Waals surface area contributed by atoms with Crippen LogP contribution in [0.1, 0.15) is 5.69 Å². The second kappa shape index (κ2) is 4.90. The minimum Gasteiger partial charge on any atom is -0.437 e. The van der Waals surface area contributed by atoms with Gasteiger partial charge in [0.15, 0.2) is 0 Å². The number of benzene rings is 1. The third kappa shape index (κ3) is 2.95. The Labute approximate surface area is 109 Å². The van der Waals surface area contributed by atoms with Crippen molar-refractivity contribution in [3.05, 3.63) is 42.4 Å². The highest BCUT2D eigenvalue weighted by Gasteiger charge is 2.16. The smallest absolute Gasteiger partial charge is 0.240 e. The van der Waals surface area contributed by atoms with E-state index in [0.717, 1.165) is 11.4 Å². The molecule has 4 heteroatoms. The van der Waals surface area contributed by atoms with Crippen LogP contribution in [-0.4, -0.2) is 18.0 Å². The van der Waals surface area contributed by atoms with Gasteiger partial charge in [-0.05, 0) is 19.1 Å². The second-order valence-corrected chi connectivity index (χ2v) is 10.4. The van der Waals surface area contributed by atoms with Gasteiger partial charge in [0.2, 0.25) is 5.88 Å². The molecule has 1 heterocycles. The minimum absolute atomic E-state index is 0.574. The Bertz CT molecular complexity index is 549. The van der Waals surface area contributed by atoms with E-state index in [9.17, 15) is 0 Å². The summed E-state index contributed by atoms with van der Waals surface area (Å²) in [6, 6.07) is 8.27. The molecule has 0 aliphatic rings. The first-order chi connectivity index (χ1) is 8.47. The number of hydrogen-bond acceptors (Lipinski definition) is 3. The van der Waals surface area contributed by atoms with Crippen LogP contribution in [0, 0.1) is 6.92 Å². The van der Waals surface area contributed by atoms with Gasteiger partial charge in [0, 0.05) is 12.4 Å². The molecule has 0 amide bonds. The van der Waals surface area contributed by atoms with E-state index in [1.54, 1.807) is 12.4 Å². The zero-order chi connectivity index (χ0) is 13.2. The highest BCUT2D eigenvalue weighted by Crippen LogP contribution is 2.20. The molecule has 0 bridgehead atoms. The molecular weight excluding hydrogens is 240 g/mol. The van der Waals surface area contributed by atoms with E-state index in [1.807, 2.05) is 19.1 Å². The molecule has 2 aromatic rings. The predicted molar refractivity (Wildman–Crippen MR) is 76.3 cm³/mol. The van der Waals surface area contributed by atoms with Crippen LogP contribution in [0.2, 0.25) is 19.6 Å². The lowest BCUT2D eigenvalue weighted by Gasteiger charge is -2.17. The van der Waals surface area contributed by atoms with Crippen molar-refractivity contribution < 1.29 is 4.74 Å². The molecule has 18 heavy (non-hydrogen) atoms. The first-order valence-corrected chi connectivity index (χ1v) is 9.53. The van der Waals surface area contributed by atoms with Crippen molar-refractivity contribution >= 4 is 13.3 Å². The number of rotatable bonds is 3. The maximum atomic E-state index is 5.79. The standard InChI is InChI=1S/C14H18N2OSi/c1-11-14(16-9-8-15-11)17-12-6-5-7-13(10-12)18(2,3)4/h5-10H,1-4H3. The Morgan fingerprint density at radius 2 is 1.78 bits per heavy atom. The van der Waals surface area contributed by atoms with Crippen molar-refractivity contribution in [1.29, 1.82) is 0 Å². The van der Waals surface area contributed by atoms with Gasteiger partial charge in [-0.15, -0.1) is 0 Å². The molecule has 3 nitrogen and oxygen atoms in total. The maximum Gasteiger partial charge on any atom is 0.240 e. The molecule has 0 N–H and O–H groups in total. The number of aromatic nitrogens is 2. The van der Waals surface area contributed by atoms with Crippen LogP contribution in [-0.2, 0) is 0 Å². The van der Waals surface area contributed by atoms with E-state index in [4.69, 9.17) is 4.74 Å². The van der Waals surface area contributed by atoms with E-state index in [-0.39, 0.29) is 0 Å². The van der Waals surface area contributed by atoms with Crippen molar-refractivity contribution in [1.82, 2.24) is 9.97 Å². The second-order valence-electron chi connectivity index (χ2n) is 5.33. The molecule has 0 radical (unpaired) electrons. The molecular formula is C14H18N2OSi. The zero-order valence-electron chi connectivity index (χ0n) is 11.3. The average molecular weight is 258 g/mol. The first-order valence-electron chi connectivity index (χ1n) is 6.03. The third-order valence-electron chi connectivity index (χ3n) is 2.75. The van der Waals surface area contributed by atoms with Gasteiger partial charge in [-0.25, -0.2) is 4.98 Å².